The number of fused-ring (bicyclic) bond motifs is 1. The van der Waals surface area contributed by atoms with E-state index in [0.717, 1.165) is 69.8 Å². The van der Waals surface area contributed by atoms with E-state index >= 15 is 0 Å². The Morgan fingerprint density at radius 3 is 2.76 bits per heavy atom. The van der Waals surface area contributed by atoms with Crippen LogP contribution < -0.4 is 10.6 Å². The lowest BCUT2D eigenvalue weighted by Crippen LogP contribution is -2.38. The Morgan fingerprint density at radius 2 is 2.04 bits per heavy atom. The zero-order chi connectivity index (χ0) is 17.8. The van der Waals surface area contributed by atoms with Crippen LogP contribution in [0.2, 0.25) is 0 Å². The van der Waals surface area contributed by atoms with Crippen LogP contribution in [0, 0.1) is 11.8 Å². The molecule has 2 aliphatic rings. The topological polar surface area (TPSA) is 92.1 Å². The Balaban J connectivity index is 1.74. The fourth-order valence-corrected chi connectivity index (χ4v) is 3.88. The molecular weight excluding hydrogens is 318 g/mol. The summed E-state index contributed by atoms with van der Waals surface area (Å²) >= 11 is 0. The third kappa shape index (κ3) is 4.58. The summed E-state index contributed by atoms with van der Waals surface area (Å²) in [4.78, 5) is 12.8. The first-order chi connectivity index (χ1) is 12.0. The van der Waals surface area contributed by atoms with Crippen LogP contribution in [0.3, 0.4) is 0 Å². The van der Waals surface area contributed by atoms with Gasteiger partial charge in [-0.05, 0) is 38.0 Å². The molecule has 2 heterocycles. The number of hydrogen-bond acceptors (Lipinski definition) is 5. The number of nitrogens with one attached hydrogen (secondary N) is 2. The first-order valence-electron chi connectivity index (χ1n) is 9.65. The number of aliphatic hydroxyl groups excluding tert-OH is 1. The van der Waals surface area contributed by atoms with Gasteiger partial charge in [0, 0.05) is 32.0 Å². The lowest BCUT2D eigenvalue weighted by molar-refractivity contribution is -0.127. The van der Waals surface area contributed by atoms with Crippen LogP contribution in [-0.4, -0.2) is 45.0 Å². The minimum absolute atomic E-state index is 0.00579. The van der Waals surface area contributed by atoms with Gasteiger partial charge in [-0.3, -0.25) is 4.79 Å². The van der Waals surface area contributed by atoms with Crippen molar-refractivity contribution < 1.29 is 9.90 Å². The summed E-state index contributed by atoms with van der Waals surface area (Å²) in [5.41, 5.74) is 0. The van der Waals surface area contributed by atoms with Crippen LogP contribution in [0.1, 0.15) is 63.6 Å². The number of nitrogens with zero attached hydrogens (tertiary/aromatic N) is 3. The number of aliphatic hydroxyl groups is 1. The maximum atomic E-state index is 12.8. The average Bonchev–Trinajstić information content (AvgIpc) is 2.83. The standard InChI is InChI=1S/C18H31N5O2/c1-12(2)11-15(20-18(25)13-3-5-14(24)6-4-13)17-22-21-16-7-8-19-9-10-23(16)17/h12-15,19,24H,3-11H2,1-2H3,(H,20,25)/t13?,14?,15-/m0/s1. The molecule has 25 heavy (non-hydrogen) atoms. The molecule has 3 N–H and O–H groups in total. The smallest absolute Gasteiger partial charge is 0.223 e. The number of hydrogen-bond donors (Lipinski definition) is 3. The number of rotatable bonds is 5. The molecule has 0 spiro atoms. The van der Waals surface area contributed by atoms with Gasteiger partial charge < -0.3 is 20.3 Å². The van der Waals surface area contributed by atoms with Crippen molar-refractivity contribution in [2.24, 2.45) is 11.8 Å². The summed E-state index contributed by atoms with van der Waals surface area (Å²) in [5, 5.41) is 25.1. The fraction of sp³-hybridized carbons (Fsp3) is 0.833. The summed E-state index contributed by atoms with van der Waals surface area (Å²) in [5.74, 6) is 2.45. The van der Waals surface area contributed by atoms with Gasteiger partial charge in [-0.1, -0.05) is 13.8 Å². The molecule has 140 valence electrons. The maximum Gasteiger partial charge on any atom is 0.223 e. The molecule has 1 aromatic rings. The predicted octanol–water partition coefficient (Wildman–Crippen LogP) is 1.18. The van der Waals surface area contributed by atoms with E-state index in [9.17, 15) is 9.90 Å². The molecule has 1 amide bonds. The second kappa shape index (κ2) is 8.27. The lowest BCUT2D eigenvalue weighted by Gasteiger charge is -2.27. The predicted molar refractivity (Wildman–Crippen MR) is 94.9 cm³/mol. The van der Waals surface area contributed by atoms with Crippen LogP contribution in [0.4, 0.5) is 0 Å². The van der Waals surface area contributed by atoms with Gasteiger partial charge in [-0.25, -0.2) is 0 Å². The first kappa shape index (κ1) is 18.3. The minimum atomic E-state index is -0.240. The lowest BCUT2D eigenvalue weighted by atomic mass is 9.86. The summed E-state index contributed by atoms with van der Waals surface area (Å²) in [6.45, 7) is 7.00. The highest BCUT2D eigenvalue weighted by Crippen LogP contribution is 2.27. The second-order valence-corrected chi connectivity index (χ2v) is 7.82. The molecule has 1 aromatic heterocycles. The largest absolute Gasteiger partial charge is 0.393 e. The Kier molecular flexibility index (Phi) is 6.06. The van der Waals surface area contributed by atoms with Gasteiger partial charge >= 0.3 is 0 Å². The van der Waals surface area contributed by atoms with E-state index < -0.39 is 0 Å². The van der Waals surface area contributed by atoms with Gasteiger partial charge in [0.1, 0.15) is 5.82 Å². The Bertz CT molecular complexity index is 578. The van der Waals surface area contributed by atoms with Gasteiger partial charge in [0.25, 0.3) is 0 Å². The van der Waals surface area contributed by atoms with E-state index in [0.29, 0.717) is 5.92 Å². The van der Waals surface area contributed by atoms with Crippen molar-refractivity contribution in [3.63, 3.8) is 0 Å². The molecule has 7 nitrogen and oxygen atoms in total. The zero-order valence-corrected chi connectivity index (χ0v) is 15.4. The van der Waals surface area contributed by atoms with Crippen molar-refractivity contribution in [2.75, 3.05) is 13.1 Å². The monoisotopic (exact) mass is 349 g/mol. The Morgan fingerprint density at radius 1 is 1.28 bits per heavy atom. The summed E-state index contributed by atoms with van der Waals surface area (Å²) in [6.07, 6.45) is 4.46. The highest BCUT2D eigenvalue weighted by Gasteiger charge is 2.29. The van der Waals surface area contributed by atoms with E-state index in [1.807, 2.05) is 0 Å². The number of carbonyl (C=O) groups excluding carboxylic acids is 1. The van der Waals surface area contributed by atoms with E-state index in [-0.39, 0.29) is 24.0 Å². The molecule has 1 aliphatic carbocycles. The highest BCUT2D eigenvalue weighted by atomic mass is 16.3. The van der Waals surface area contributed by atoms with Crippen LogP contribution >= 0.6 is 0 Å². The van der Waals surface area contributed by atoms with Crippen LogP contribution in [-0.2, 0) is 17.8 Å². The molecule has 3 rings (SSSR count). The van der Waals surface area contributed by atoms with Gasteiger partial charge in [0.05, 0.1) is 12.1 Å². The number of aromatic nitrogens is 3. The van der Waals surface area contributed by atoms with Gasteiger partial charge in [0.15, 0.2) is 5.82 Å². The third-order valence-corrected chi connectivity index (χ3v) is 5.30. The molecule has 1 fully saturated rings. The Labute approximate surface area is 149 Å². The van der Waals surface area contributed by atoms with Crippen LogP contribution in [0.5, 0.6) is 0 Å². The third-order valence-electron chi connectivity index (χ3n) is 5.30. The molecule has 0 unspecified atom stereocenters. The quantitative estimate of drug-likeness (QED) is 0.742. The molecule has 1 aliphatic heterocycles. The number of amides is 1. The van der Waals surface area contributed by atoms with Crippen molar-refractivity contribution in [2.45, 2.75) is 71.1 Å². The molecular formula is C18H31N5O2. The summed E-state index contributed by atoms with van der Waals surface area (Å²) < 4.78 is 2.18. The van der Waals surface area contributed by atoms with Crippen molar-refractivity contribution in [3.05, 3.63) is 11.6 Å². The molecule has 0 bridgehead atoms. The van der Waals surface area contributed by atoms with E-state index in [1.165, 1.54) is 0 Å². The average molecular weight is 349 g/mol. The Hall–Kier alpha value is -1.47. The maximum absolute atomic E-state index is 12.8. The van der Waals surface area contributed by atoms with Gasteiger partial charge in [-0.2, -0.15) is 0 Å². The molecule has 7 heteroatoms. The van der Waals surface area contributed by atoms with E-state index in [4.69, 9.17) is 0 Å². The van der Waals surface area contributed by atoms with Crippen LogP contribution in [0.15, 0.2) is 0 Å². The molecule has 1 atom stereocenters. The second-order valence-electron chi connectivity index (χ2n) is 7.82. The van der Waals surface area contributed by atoms with Gasteiger partial charge in [-0.15, -0.1) is 10.2 Å². The van der Waals surface area contributed by atoms with Crippen LogP contribution in [0.25, 0.3) is 0 Å². The molecule has 0 saturated heterocycles. The molecule has 1 saturated carbocycles. The first-order valence-corrected chi connectivity index (χ1v) is 9.65. The molecule has 0 aromatic carbocycles. The SMILES string of the molecule is CC(C)C[C@H](NC(=O)C1CCC(O)CC1)c1nnc2n1CCNCC2. The number of carbonyl (C=O) groups is 1. The summed E-state index contributed by atoms with van der Waals surface area (Å²) in [7, 11) is 0. The van der Waals surface area contributed by atoms with E-state index in [2.05, 4.69) is 39.2 Å². The highest BCUT2D eigenvalue weighted by molar-refractivity contribution is 5.79. The minimum Gasteiger partial charge on any atom is -0.393 e. The van der Waals surface area contributed by atoms with Crippen molar-refractivity contribution in [1.29, 1.82) is 0 Å². The van der Waals surface area contributed by atoms with Crippen molar-refractivity contribution >= 4 is 5.91 Å². The summed E-state index contributed by atoms with van der Waals surface area (Å²) in [6, 6.07) is -0.0984. The van der Waals surface area contributed by atoms with Crippen molar-refractivity contribution in [3.8, 4) is 0 Å². The fourth-order valence-electron chi connectivity index (χ4n) is 3.88. The zero-order valence-electron chi connectivity index (χ0n) is 15.4. The normalized spacial score (nSPS) is 25.3. The van der Waals surface area contributed by atoms with Crippen molar-refractivity contribution in [1.82, 2.24) is 25.4 Å². The molecule has 0 radical (unpaired) electrons. The van der Waals surface area contributed by atoms with E-state index in [1.54, 1.807) is 0 Å². The van der Waals surface area contributed by atoms with Gasteiger partial charge in [0.2, 0.25) is 5.91 Å².